The Bertz CT molecular complexity index is 884. The van der Waals surface area contributed by atoms with Gasteiger partial charge < -0.3 is 9.30 Å². The normalized spacial score (nSPS) is 17.3. The molecule has 0 aliphatic carbocycles. The van der Waals surface area contributed by atoms with E-state index in [1.165, 1.54) is 24.1 Å². The summed E-state index contributed by atoms with van der Waals surface area (Å²) < 4.78 is 8.54. The number of nitrogens with zero attached hydrogens (tertiary/aromatic N) is 2. The van der Waals surface area contributed by atoms with E-state index in [4.69, 9.17) is 4.74 Å². The van der Waals surface area contributed by atoms with Gasteiger partial charge in [-0.05, 0) is 67.3 Å². The summed E-state index contributed by atoms with van der Waals surface area (Å²) in [5.74, 6) is 2.49. The standard InChI is InChI=1S/C25H30N2O/c1-20(2)14-18-27-17-8-16-26-15-7-13-24(26)25(27)21-9-6-12-23(19-21)28-22-10-4-3-5-11-22/h3-7,9-13,15,19-20,25H,8,14,16-18H2,1-2H3. The summed E-state index contributed by atoms with van der Waals surface area (Å²) in [5, 5.41) is 0. The maximum absolute atomic E-state index is 6.12. The van der Waals surface area contributed by atoms with E-state index in [9.17, 15) is 0 Å². The van der Waals surface area contributed by atoms with Gasteiger partial charge in [0.15, 0.2) is 0 Å². The van der Waals surface area contributed by atoms with Crippen LogP contribution in [-0.4, -0.2) is 22.6 Å². The zero-order chi connectivity index (χ0) is 19.3. The van der Waals surface area contributed by atoms with E-state index < -0.39 is 0 Å². The van der Waals surface area contributed by atoms with Gasteiger partial charge in [0.2, 0.25) is 0 Å². The molecule has 0 radical (unpaired) electrons. The summed E-state index contributed by atoms with van der Waals surface area (Å²) in [6.45, 7) is 7.96. The second-order valence-electron chi connectivity index (χ2n) is 8.09. The average molecular weight is 375 g/mol. The molecular weight excluding hydrogens is 344 g/mol. The molecule has 1 atom stereocenters. The van der Waals surface area contributed by atoms with Gasteiger partial charge >= 0.3 is 0 Å². The fraction of sp³-hybridized carbons (Fsp3) is 0.360. The van der Waals surface area contributed by atoms with Crippen molar-refractivity contribution >= 4 is 0 Å². The highest BCUT2D eigenvalue weighted by Crippen LogP contribution is 2.34. The van der Waals surface area contributed by atoms with Crippen LogP contribution in [0.1, 0.15) is 44.0 Å². The number of para-hydroxylation sites is 1. The van der Waals surface area contributed by atoms with Gasteiger partial charge in [-0.1, -0.05) is 44.2 Å². The molecule has 1 aliphatic rings. The monoisotopic (exact) mass is 374 g/mol. The maximum atomic E-state index is 6.12. The second kappa shape index (κ2) is 8.66. The van der Waals surface area contributed by atoms with Crippen molar-refractivity contribution in [1.82, 2.24) is 9.47 Å². The predicted molar refractivity (Wildman–Crippen MR) is 115 cm³/mol. The number of hydrogen-bond acceptors (Lipinski definition) is 2. The van der Waals surface area contributed by atoms with Gasteiger partial charge in [-0.3, -0.25) is 4.90 Å². The number of benzene rings is 2. The highest BCUT2D eigenvalue weighted by Gasteiger charge is 2.27. The summed E-state index contributed by atoms with van der Waals surface area (Å²) in [7, 11) is 0. The maximum Gasteiger partial charge on any atom is 0.127 e. The van der Waals surface area contributed by atoms with Crippen molar-refractivity contribution in [2.45, 2.75) is 39.3 Å². The van der Waals surface area contributed by atoms with Crippen LogP contribution in [0.15, 0.2) is 72.9 Å². The lowest BCUT2D eigenvalue weighted by molar-refractivity contribution is 0.216. The van der Waals surface area contributed by atoms with E-state index in [1.54, 1.807) is 0 Å². The third-order valence-electron chi connectivity index (χ3n) is 5.50. The van der Waals surface area contributed by atoms with Crippen molar-refractivity contribution in [1.29, 1.82) is 0 Å². The Morgan fingerprint density at radius 3 is 2.57 bits per heavy atom. The van der Waals surface area contributed by atoms with Gasteiger partial charge in [-0.15, -0.1) is 0 Å². The number of fused-ring (bicyclic) bond motifs is 1. The van der Waals surface area contributed by atoms with E-state index in [-0.39, 0.29) is 6.04 Å². The van der Waals surface area contributed by atoms with E-state index in [1.807, 2.05) is 36.4 Å². The molecule has 0 spiro atoms. The number of rotatable bonds is 6. The van der Waals surface area contributed by atoms with Crippen LogP contribution < -0.4 is 4.74 Å². The molecular formula is C25H30N2O. The van der Waals surface area contributed by atoms with Gasteiger partial charge in [0.1, 0.15) is 11.5 Å². The highest BCUT2D eigenvalue weighted by molar-refractivity contribution is 5.38. The predicted octanol–water partition coefficient (Wildman–Crippen LogP) is 6.12. The lowest BCUT2D eigenvalue weighted by Gasteiger charge is -2.31. The minimum absolute atomic E-state index is 0.274. The van der Waals surface area contributed by atoms with Crippen LogP contribution in [0.4, 0.5) is 0 Å². The molecule has 0 bridgehead atoms. The van der Waals surface area contributed by atoms with Crippen LogP contribution in [0, 0.1) is 5.92 Å². The van der Waals surface area contributed by atoms with Crippen molar-refractivity contribution in [3.63, 3.8) is 0 Å². The van der Waals surface area contributed by atoms with Gasteiger partial charge in [0, 0.05) is 25.0 Å². The summed E-state index contributed by atoms with van der Waals surface area (Å²) in [4.78, 5) is 2.65. The molecule has 2 aromatic carbocycles. The summed E-state index contributed by atoms with van der Waals surface area (Å²) >= 11 is 0. The first kappa shape index (κ1) is 18.8. The van der Waals surface area contributed by atoms with E-state index in [0.29, 0.717) is 5.92 Å². The first-order valence-corrected chi connectivity index (χ1v) is 10.4. The molecule has 2 heterocycles. The van der Waals surface area contributed by atoms with E-state index in [2.05, 4.69) is 59.8 Å². The Kier molecular flexibility index (Phi) is 5.82. The summed E-state index contributed by atoms with van der Waals surface area (Å²) in [5.41, 5.74) is 2.69. The zero-order valence-electron chi connectivity index (χ0n) is 16.9. The van der Waals surface area contributed by atoms with Crippen molar-refractivity contribution < 1.29 is 4.74 Å². The average Bonchev–Trinajstić information content (AvgIpc) is 3.08. The third-order valence-corrected chi connectivity index (χ3v) is 5.50. The van der Waals surface area contributed by atoms with Crippen LogP contribution in [0.25, 0.3) is 0 Å². The minimum Gasteiger partial charge on any atom is -0.457 e. The smallest absolute Gasteiger partial charge is 0.127 e. The second-order valence-corrected chi connectivity index (χ2v) is 8.09. The molecule has 1 aliphatic heterocycles. The molecule has 0 amide bonds. The van der Waals surface area contributed by atoms with Crippen molar-refractivity contribution in [3.05, 3.63) is 84.2 Å². The molecule has 1 unspecified atom stereocenters. The van der Waals surface area contributed by atoms with Crippen LogP contribution in [0.3, 0.4) is 0 Å². The SMILES string of the molecule is CC(C)CCN1CCCn2cccc2C1c1cccc(Oc2ccccc2)c1. The van der Waals surface area contributed by atoms with E-state index >= 15 is 0 Å². The number of aromatic nitrogens is 1. The Balaban J connectivity index is 1.66. The molecule has 3 heteroatoms. The van der Waals surface area contributed by atoms with Gasteiger partial charge in [0.25, 0.3) is 0 Å². The number of aryl methyl sites for hydroxylation is 1. The summed E-state index contributed by atoms with van der Waals surface area (Å²) in [6.07, 6.45) is 4.63. The number of hydrogen-bond donors (Lipinski definition) is 0. The van der Waals surface area contributed by atoms with Gasteiger partial charge in [-0.25, -0.2) is 0 Å². The lowest BCUT2D eigenvalue weighted by Crippen LogP contribution is -2.31. The fourth-order valence-corrected chi connectivity index (χ4v) is 4.06. The fourth-order valence-electron chi connectivity index (χ4n) is 4.06. The number of ether oxygens (including phenoxy) is 1. The van der Waals surface area contributed by atoms with E-state index in [0.717, 1.165) is 31.1 Å². The molecule has 0 fully saturated rings. The van der Waals surface area contributed by atoms with Gasteiger partial charge in [0.05, 0.1) is 6.04 Å². The molecule has 0 saturated carbocycles. The molecule has 0 N–H and O–H groups in total. The van der Waals surface area contributed by atoms with Crippen molar-refractivity contribution in [2.24, 2.45) is 5.92 Å². The third kappa shape index (κ3) is 4.31. The Morgan fingerprint density at radius 1 is 0.929 bits per heavy atom. The minimum atomic E-state index is 0.274. The largest absolute Gasteiger partial charge is 0.457 e. The van der Waals surface area contributed by atoms with Crippen LogP contribution >= 0.6 is 0 Å². The molecule has 28 heavy (non-hydrogen) atoms. The Morgan fingerprint density at radius 2 is 1.75 bits per heavy atom. The molecule has 3 nitrogen and oxygen atoms in total. The van der Waals surface area contributed by atoms with Crippen molar-refractivity contribution in [2.75, 3.05) is 13.1 Å². The Labute approximate surface area is 168 Å². The Hall–Kier alpha value is -2.52. The van der Waals surface area contributed by atoms with Crippen LogP contribution in [0.2, 0.25) is 0 Å². The lowest BCUT2D eigenvalue weighted by atomic mass is 10.0. The topological polar surface area (TPSA) is 17.4 Å². The van der Waals surface area contributed by atoms with Gasteiger partial charge in [-0.2, -0.15) is 0 Å². The van der Waals surface area contributed by atoms with Crippen molar-refractivity contribution in [3.8, 4) is 11.5 Å². The zero-order valence-corrected chi connectivity index (χ0v) is 16.9. The van der Waals surface area contributed by atoms with Crippen LogP contribution in [0.5, 0.6) is 11.5 Å². The van der Waals surface area contributed by atoms with Crippen LogP contribution in [-0.2, 0) is 6.54 Å². The molecule has 0 saturated heterocycles. The first-order chi connectivity index (χ1) is 13.7. The quantitative estimate of drug-likeness (QED) is 0.517. The summed E-state index contributed by atoms with van der Waals surface area (Å²) in [6, 6.07) is 23.4. The molecule has 1 aromatic heterocycles. The molecule has 146 valence electrons. The first-order valence-electron chi connectivity index (χ1n) is 10.4. The molecule has 3 aromatic rings. The molecule has 4 rings (SSSR count). The highest BCUT2D eigenvalue weighted by atomic mass is 16.5.